The van der Waals surface area contributed by atoms with E-state index in [1.807, 2.05) is 13.8 Å². The first-order valence-electron chi connectivity index (χ1n) is 12.7. The van der Waals surface area contributed by atoms with Crippen molar-refractivity contribution in [3.05, 3.63) is 5.76 Å². The summed E-state index contributed by atoms with van der Waals surface area (Å²) < 4.78 is 11.5. The van der Waals surface area contributed by atoms with Gasteiger partial charge in [-0.3, -0.25) is 9.59 Å². The topological polar surface area (TPSA) is 119 Å². The molecular formula is C25H38N4O4S. The summed E-state index contributed by atoms with van der Waals surface area (Å²) in [5, 5.41) is 10.6. The van der Waals surface area contributed by atoms with Gasteiger partial charge in [-0.15, -0.1) is 11.8 Å². The van der Waals surface area contributed by atoms with Crippen LogP contribution in [0, 0.1) is 23.7 Å². The highest BCUT2D eigenvalue weighted by Crippen LogP contribution is 2.53. The van der Waals surface area contributed by atoms with Gasteiger partial charge in [0.05, 0.1) is 11.1 Å². The fourth-order valence-corrected chi connectivity index (χ4v) is 7.20. The van der Waals surface area contributed by atoms with E-state index in [-0.39, 0.29) is 35.5 Å². The first-order chi connectivity index (χ1) is 16.0. The molecular weight excluding hydrogens is 452 g/mol. The molecule has 0 aromatic carbocycles. The third-order valence-electron chi connectivity index (χ3n) is 7.97. The summed E-state index contributed by atoms with van der Waals surface area (Å²) in [7, 11) is 0. The number of hydrogen-bond acceptors (Lipinski definition) is 7. The Balaban J connectivity index is 1.26. The summed E-state index contributed by atoms with van der Waals surface area (Å²) in [5.74, 6) is 3.04. The minimum absolute atomic E-state index is 0.159. The molecule has 5 aliphatic carbocycles. The number of nitrogens with zero attached hydrogens (tertiary/aromatic N) is 1. The Hall–Kier alpha value is -1.74. The molecule has 4 bridgehead atoms. The predicted molar refractivity (Wildman–Crippen MR) is 130 cm³/mol. The van der Waals surface area contributed by atoms with Gasteiger partial charge in [-0.2, -0.15) is 0 Å². The maximum absolute atomic E-state index is 13.3. The summed E-state index contributed by atoms with van der Waals surface area (Å²) in [6, 6.07) is 0.229. The molecule has 34 heavy (non-hydrogen) atoms. The summed E-state index contributed by atoms with van der Waals surface area (Å²) in [4.78, 5) is 26.3. The monoisotopic (exact) mass is 490 g/mol. The number of aromatic nitrogens is 1. The Morgan fingerprint density at radius 2 is 1.79 bits per heavy atom. The van der Waals surface area contributed by atoms with Gasteiger partial charge in [0.1, 0.15) is 11.5 Å². The lowest BCUT2D eigenvalue weighted by molar-refractivity contribution is -0.125. The zero-order valence-electron chi connectivity index (χ0n) is 20.7. The lowest BCUT2D eigenvalue weighted by Crippen LogP contribution is -2.55. The number of ether oxygens (including phenoxy) is 1. The molecule has 5 fully saturated rings. The van der Waals surface area contributed by atoms with Crippen molar-refractivity contribution in [1.29, 1.82) is 0 Å². The van der Waals surface area contributed by atoms with Crippen molar-refractivity contribution in [3.8, 4) is 5.88 Å². The molecule has 0 spiro atoms. The average Bonchev–Trinajstić information content (AvgIpc) is 3.38. The summed E-state index contributed by atoms with van der Waals surface area (Å²) in [6.07, 6.45) is 7.74. The Kier molecular flexibility index (Phi) is 6.16. The summed E-state index contributed by atoms with van der Waals surface area (Å²) in [5.41, 5.74) is 4.62. The SMILES string of the molecule is CC(C)Sc1c(OCC(C)(C)NC(=O)C2(N)CC2)noc1C(=O)NC1C2CC3CC(C2)CC1C3. The number of hydrogen-bond donors (Lipinski definition) is 3. The Morgan fingerprint density at radius 3 is 2.35 bits per heavy atom. The molecule has 188 valence electrons. The number of carbonyl (C=O) groups excluding carboxylic acids is 2. The molecule has 5 aliphatic rings. The highest BCUT2D eigenvalue weighted by atomic mass is 32.2. The summed E-state index contributed by atoms with van der Waals surface area (Å²) in [6.45, 7) is 8.06. The van der Waals surface area contributed by atoms with E-state index in [4.69, 9.17) is 15.0 Å². The van der Waals surface area contributed by atoms with Crippen molar-refractivity contribution < 1.29 is 18.8 Å². The van der Waals surface area contributed by atoms with Gasteiger partial charge in [-0.05, 0) is 87.6 Å². The van der Waals surface area contributed by atoms with Crippen LogP contribution in [-0.4, -0.2) is 45.9 Å². The van der Waals surface area contributed by atoms with Crippen LogP contribution in [0.25, 0.3) is 0 Å². The predicted octanol–water partition coefficient (Wildman–Crippen LogP) is 3.49. The van der Waals surface area contributed by atoms with Gasteiger partial charge in [-0.1, -0.05) is 13.8 Å². The van der Waals surface area contributed by atoms with Crippen LogP contribution in [0.5, 0.6) is 5.88 Å². The van der Waals surface area contributed by atoms with Crippen LogP contribution >= 0.6 is 11.8 Å². The standard InChI is InChI=1S/C25H38N4O4S/c1-13(2)34-20-19(21(30)27-18-16-8-14-7-15(10-16)11-17(18)9-14)33-29-22(20)32-12-24(3,4)28-23(31)25(26)5-6-25/h13-18H,5-12,26H2,1-4H3,(H,27,30)(H,28,31). The molecule has 1 aromatic rings. The van der Waals surface area contributed by atoms with Gasteiger partial charge in [0.2, 0.25) is 11.7 Å². The second kappa shape index (κ2) is 8.73. The van der Waals surface area contributed by atoms with E-state index in [0.29, 0.717) is 35.5 Å². The van der Waals surface area contributed by atoms with Crippen LogP contribution in [0.4, 0.5) is 0 Å². The third kappa shape index (κ3) is 4.83. The minimum atomic E-state index is -0.743. The zero-order valence-corrected chi connectivity index (χ0v) is 21.5. The van der Waals surface area contributed by atoms with Crippen LogP contribution in [0.3, 0.4) is 0 Å². The second-order valence-electron chi connectivity index (χ2n) is 12.0. The number of rotatable bonds is 9. The molecule has 2 amide bonds. The van der Waals surface area contributed by atoms with E-state index in [2.05, 4.69) is 29.6 Å². The van der Waals surface area contributed by atoms with Crippen molar-refractivity contribution in [2.45, 2.75) is 99.9 Å². The van der Waals surface area contributed by atoms with Crippen molar-refractivity contribution in [3.63, 3.8) is 0 Å². The molecule has 9 heteroatoms. The molecule has 4 N–H and O–H groups in total. The molecule has 0 radical (unpaired) electrons. The van der Waals surface area contributed by atoms with Crippen molar-refractivity contribution >= 4 is 23.6 Å². The lowest BCUT2D eigenvalue weighted by atomic mass is 9.54. The first-order valence-corrected chi connectivity index (χ1v) is 13.6. The van der Waals surface area contributed by atoms with Gasteiger partial charge >= 0.3 is 0 Å². The molecule has 0 aliphatic heterocycles. The highest BCUT2D eigenvalue weighted by Gasteiger charge is 2.49. The fourth-order valence-electron chi connectivity index (χ4n) is 6.30. The van der Waals surface area contributed by atoms with Gasteiger partial charge in [0, 0.05) is 11.3 Å². The molecule has 0 atom stereocenters. The maximum Gasteiger partial charge on any atom is 0.291 e. The molecule has 0 saturated heterocycles. The quantitative estimate of drug-likeness (QED) is 0.453. The Morgan fingerprint density at radius 1 is 1.18 bits per heavy atom. The molecule has 1 aromatic heterocycles. The molecule has 1 heterocycles. The van der Waals surface area contributed by atoms with Crippen molar-refractivity contribution in [1.82, 2.24) is 15.8 Å². The van der Waals surface area contributed by atoms with Crippen LogP contribution in [0.15, 0.2) is 9.42 Å². The Bertz CT molecular complexity index is 927. The molecule has 6 rings (SSSR count). The molecule has 0 unspecified atom stereocenters. The normalized spacial score (nSPS) is 30.9. The molecule has 5 saturated carbocycles. The van der Waals surface area contributed by atoms with Crippen LogP contribution < -0.4 is 21.1 Å². The second-order valence-corrected chi connectivity index (χ2v) is 13.6. The van der Waals surface area contributed by atoms with E-state index in [1.54, 1.807) is 0 Å². The summed E-state index contributed by atoms with van der Waals surface area (Å²) >= 11 is 1.51. The largest absolute Gasteiger partial charge is 0.472 e. The highest BCUT2D eigenvalue weighted by molar-refractivity contribution is 8.00. The van der Waals surface area contributed by atoms with E-state index >= 15 is 0 Å². The van der Waals surface area contributed by atoms with E-state index in [1.165, 1.54) is 43.9 Å². The zero-order chi connectivity index (χ0) is 24.3. The van der Waals surface area contributed by atoms with Gasteiger partial charge < -0.3 is 25.6 Å². The van der Waals surface area contributed by atoms with Crippen molar-refractivity contribution in [2.75, 3.05) is 6.61 Å². The van der Waals surface area contributed by atoms with Crippen LogP contribution in [0.2, 0.25) is 0 Å². The fraction of sp³-hybridized carbons (Fsp3) is 0.800. The van der Waals surface area contributed by atoms with Crippen LogP contribution in [-0.2, 0) is 4.79 Å². The smallest absolute Gasteiger partial charge is 0.291 e. The first kappa shape index (κ1) is 24.0. The number of thioether (sulfide) groups is 1. The minimum Gasteiger partial charge on any atom is -0.472 e. The van der Waals surface area contributed by atoms with Gasteiger partial charge in [0.15, 0.2) is 0 Å². The number of amides is 2. The molecule has 8 nitrogen and oxygen atoms in total. The van der Waals surface area contributed by atoms with E-state index in [0.717, 1.165) is 11.8 Å². The third-order valence-corrected chi connectivity index (χ3v) is 9.03. The Labute approximate surface area is 205 Å². The van der Waals surface area contributed by atoms with Gasteiger partial charge in [-0.25, -0.2) is 0 Å². The van der Waals surface area contributed by atoms with Crippen LogP contribution in [0.1, 0.15) is 83.2 Å². The van der Waals surface area contributed by atoms with Gasteiger partial charge in [0.25, 0.3) is 11.8 Å². The number of carbonyl (C=O) groups is 2. The maximum atomic E-state index is 13.3. The lowest BCUT2D eigenvalue weighted by Gasteiger charge is -2.54. The number of nitrogens with one attached hydrogen (secondary N) is 2. The average molecular weight is 491 g/mol. The van der Waals surface area contributed by atoms with Crippen molar-refractivity contribution in [2.24, 2.45) is 29.4 Å². The van der Waals surface area contributed by atoms with E-state index in [9.17, 15) is 9.59 Å². The number of nitrogens with two attached hydrogens (primary N) is 1. The van der Waals surface area contributed by atoms with E-state index < -0.39 is 11.1 Å².